The van der Waals surface area contributed by atoms with Crippen molar-refractivity contribution in [2.24, 2.45) is 5.92 Å². The highest BCUT2D eigenvalue weighted by molar-refractivity contribution is 7.09. The molecule has 1 fully saturated rings. The van der Waals surface area contributed by atoms with Crippen LogP contribution in [-0.4, -0.2) is 22.4 Å². The molecule has 13 heavy (non-hydrogen) atoms. The van der Waals surface area contributed by atoms with E-state index in [-0.39, 0.29) is 0 Å². The Morgan fingerprint density at radius 1 is 1.46 bits per heavy atom. The number of anilines is 2. The Labute approximate surface area is 81.9 Å². The van der Waals surface area contributed by atoms with Gasteiger partial charge in [-0.3, -0.25) is 0 Å². The number of nitrogens with zero attached hydrogens (tertiary/aromatic N) is 3. The van der Waals surface area contributed by atoms with Crippen molar-refractivity contribution in [1.29, 1.82) is 0 Å². The van der Waals surface area contributed by atoms with Crippen molar-refractivity contribution in [3.05, 3.63) is 0 Å². The smallest absolute Gasteiger partial charge is 0.233 e. The summed E-state index contributed by atoms with van der Waals surface area (Å²) in [7, 11) is 0. The number of nitrogens with two attached hydrogens (primary N) is 1. The lowest BCUT2D eigenvalue weighted by molar-refractivity contribution is 0.438. The summed E-state index contributed by atoms with van der Waals surface area (Å²) in [6.07, 6.45) is 2.50. The fourth-order valence-corrected chi connectivity index (χ4v) is 2.20. The second-order valence-corrected chi connectivity index (χ2v) is 4.34. The maximum Gasteiger partial charge on any atom is 0.233 e. The van der Waals surface area contributed by atoms with Crippen LogP contribution in [0.2, 0.25) is 0 Å². The second-order valence-electron chi connectivity index (χ2n) is 3.60. The van der Waals surface area contributed by atoms with Crippen LogP contribution in [0, 0.1) is 5.92 Å². The van der Waals surface area contributed by atoms with E-state index in [0.717, 1.165) is 24.1 Å². The SMILES string of the molecule is CC1CCN(c2nc(N)ns2)CC1. The molecular formula is C8H14N4S. The minimum Gasteiger partial charge on any atom is -0.367 e. The van der Waals surface area contributed by atoms with Crippen LogP contribution in [0.3, 0.4) is 0 Å². The Balaban J connectivity index is 2.02. The van der Waals surface area contributed by atoms with Gasteiger partial charge in [-0.15, -0.1) is 0 Å². The average Bonchev–Trinajstić information content (AvgIpc) is 2.53. The Morgan fingerprint density at radius 2 is 2.15 bits per heavy atom. The average molecular weight is 198 g/mol. The fourth-order valence-electron chi connectivity index (χ4n) is 1.55. The number of hydrogen-bond donors (Lipinski definition) is 1. The van der Waals surface area contributed by atoms with Crippen LogP contribution in [0.5, 0.6) is 0 Å². The van der Waals surface area contributed by atoms with Gasteiger partial charge in [0.05, 0.1) is 0 Å². The van der Waals surface area contributed by atoms with E-state index in [4.69, 9.17) is 5.73 Å². The number of nitrogen functional groups attached to an aromatic ring is 1. The predicted octanol–water partition coefficient (Wildman–Crippen LogP) is 1.36. The van der Waals surface area contributed by atoms with Gasteiger partial charge in [-0.05, 0) is 18.8 Å². The summed E-state index contributed by atoms with van der Waals surface area (Å²) >= 11 is 1.40. The third-order valence-corrected chi connectivity index (χ3v) is 3.28. The lowest BCUT2D eigenvalue weighted by Gasteiger charge is -2.29. The van der Waals surface area contributed by atoms with E-state index in [1.54, 1.807) is 0 Å². The molecule has 2 rings (SSSR count). The Kier molecular flexibility index (Phi) is 2.35. The molecule has 0 bridgehead atoms. The van der Waals surface area contributed by atoms with Crippen molar-refractivity contribution in [2.45, 2.75) is 19.8 Å². The van der Waals surface area contributed by atoms with E-state index >= 15 is 0 Å². The maximum absolute atomic E-state index is 5.47. The zero-order chi connectivity index (χ0) is 9.26. The minimum absolute atomic E-state index is 0.402. The normalized spacial score (nSPS) is 19.3. The standard InChI is InChI=1S/C8H14N4S/c1-6-2-4-12(5-3-6)8-10-7(9)11-13-8/h6H,2-5H2,1H3,(H2,9,11). The second kappa shape index (κ2) is 3.49. The lowest BCUT2D eigenvalue weighted by atomic mass is 10.00. The molecule has 0 aliphatic carbocycles. The van der Waals surface area contributed by atoms with Gasteiger partial charge in [0.15, 0.2) is 0 Å². The first-order valence-electron chi connectivity index (χ1n) is 4.60. The predicted molar refractivity (Wildman–Crippen MR) is 54.9 cm³/mol. The van der Waals surface area contributed by atoms with E-state index in [1.807, 2.05) is 0 Å². The summed E-state index contributed by atoms with van der Waals surface area (Å²) in [4.78, 5) is 6.44. The first-order valence-corrected chi connectivity index (χ1v) is 5.37. The van der Waals surface area contributed by atoms with Gasteiger partial charge in [0, 0.05) is 24.6 Å². The molecule has 0 radical (unpaired) electrons. The summed E-state index contributed by atoms with van der Waals surface area (Å²) in [5, 5.41) is 0.976. The molecule has 2 N–H and O–H groups in total. The molecule has 1 aliphatic rings. The molecule has 1 aliphatic heterocycles. The van der Waals surface area contributed by atoms with Crippen LogP contribution < -0.4 is 10.6 Å². The summed E-state index contributed by atoms with van der Waals surface area (Å²) in [5.74, 6) is 1.25. The maximum atomic E-state index is 5.47. The van der Waals surface area contributed by atoms with E-state index in [1.165, 1.54) is 24.4 Å². The largest absolute Gasteiger partial charge is 0.367 e. The molecule has 0 unspecified atom stereocenters. The zero-order valence-electron chi connectivity index (χ0n) is 7.73. The van der Waals surface area contributed by atoms with Crippen molar-refractivity contribution in [3.8, 4) is 0 Å². The van der Waals surface area contributed by atoms with Gasteiger partial charge < -0.3 is 10.6 Å². The van der Waals surface area contributed by atoms with Crippen molar-refractivity contribution >= 4 is 22.6 Å². The van der Waals surface area contributed by atoms with Crippen LogP contribution in [-0.2, 0) is 0 Å². The number of hydrogen-bond acceptors (Lipinski definition) is 5. The van der Waals surface area contributed by atoms with Crippen LogP contribution in [0.15, 0.2) is 0 Å². The van der Waals surface area contributed by atoms with Crippen LogP contribution in [0.4, 0.5) is 11.1 Å². The Bertz CT molecular complexity index is 277. The van der Waals surface area contributed by atoms with Gasteiger partial charge in [0.2, 0.25) is 11.1 Å². The highest BCUT2D eigenvalue weighted by Gasteiger charge is 2.18. The summed E-state index contributed by atoms with van der Waals surface area (Å²) in [6, 6.07) is 0. The quantitative estimate of drug-likeness (QED) is 0.740. The molecule has 1 aromatic heterocycles. The molecule has 0 aromatic carbocycles. The molecule has 72 valence electrons. The molecule has 1 saturated heterocycles. The highest BCUT2D eigenvalue weighted by Crippen LogP contribution is 2.24. The van der Waals surface area contributed by atoms with Crippen LogP contribution in [0.25, 0.3) is 0 Å². The van der Waals surface area contributed by atoms with Gasteiger partial charge in [-0.1, -0.05) is 6.92 Å². The number of rotatable bonds is 1. The van der Waals surface area contributed by atoms with E-state index < -0.39 is 0 Å². The van der Waals surface area contributed by atoms with Gasteiger partial charge in [0.1, 0.15) is 0 Å². The summed E-state index contributed by atoms with van der Waals surface area (Å²) in [6.45, 7) is 4.48. The van der Waals surface area contributed by atoms with Crippen molar-refractivity contribution in [1.82, 2.24) is 9.36 Å². The topological polar surface area (TPSA) is 55.0 Å². The first kappa shape index (κ1) is 8.74. The van der Waals surface area contributed by atoms with Gasteiger partial charge >= 0.3 is 0 Å². The van der Waals surface area contributed by atoms with Gasteiger partial charge in [-0.25, -0.2) is 0 Å². The molecule has 1 aromatic rings. The monoisotopic (exact) mass is 198 g/mol. The third kappa shape index (κ3) is 1.91. The molecule has 0 spiro atoms. The molecule has 0 saturated carbocycles. The highest BCUT2D eigenvalue weighted by atomic mass is 32.1. The lowest BCUT2D eigenvalue weighted by Crippen LogP contribution is -2.32. The van der Waals surface area contributed by atoms with Crippen molar-refractivity contribution in [3.63, 3.8) is 0 Å². The number of piperidine rings is 1. The van der Waals surface area contributed by atoms with Crippen molar-refractivity contribution < 1.29 is 0 Å². The molecule has 4 nitrogen and oxygen atoms in total. The van der Waals surface area contributed by atoms with E-state index in [2.05, 4.69) is 21.2 Å². The molecule has 5 heteroatoms. The minimum atomic E-state index is 0.402. The molecule has 0 atom stereocenters. The van der Waals surface area contributed by atoms with Gasteiger partial charge in [-0.2, -0.15) is 9.36 Å². The Hall–Kier alpha value is -0.840. The third-order valence-electron chi connectivity index (χ3n) is 2.49. The molecular weight excluding hydrogens is 184 g/mol. The zero-order valence-corrected chi connectivity index (χ0v) is 8.55. The summed E-state index contributed by atoms with van der Waals surface area (Å²) < 4.78 is 3.98. The molecule has 2 heterocycles. The molecule has 0 amide bonds. The number of aromatic nitrogens is 2. The summed E-state index contributed by atoms with van der Waals surface area (Å²) in [5.41, 5.74) is 5.47. The van der Waals surface area contributed by atoms with Crippen LogP contribution >= 0.6 is 11.5 Å². The van der Waals surface area contributed by atoms with Gasteiger partial charge in [0.25, 0.3) is 0 Å². The van der Waals surface area contributed by atoms with Crippen molar-refractivity contribution in [2.75, 3.05) is 23.7 Å². The van der Waals surface area contributed by atoms with Crippen LogP contribution in [0.1, 0.15) is 19.8 Å². The van der Waals surface area contributed by atoms with E-state index in [9.17, 15) is 0 Å². The van der Waals surface area contributed by atoms with E-state index in [0.29, 0.717) is 5.95 Å². The fraction of sp³-hybridized carbons (Fsp3) is 0.750. The Morgan fingerprint density at radius 3 is 2.69 bits per heavy atom. The first-order chi connectivity index (χ1) is 6.25.